The van der Waals surface area contributed by atoms with Gasteiger partial charge in [0.25, 0.3) is 5.56 Å². The molecule has 10 atom stereocenters. The lowest BCUT2D eigenvalue weighted by Crippen LogP contribution is -2.38. The molecule has 24 heteroatoms. The smallest absolute Gasteiger partial charge is 0.325 e. The highest BCUT2D eigenvalue weighted by molar-refractivity contribution is 8.07. The molecule has 3 saturated heterocycles. The molecule has 20 nitrogen and oxygen atoms in total. The van der Waals surface area contributed by atoms with Crippen molar-refractivity contribution in [3.8, 4) is 0 Å². The van der Waals surface area contributed by atoms with Gasteiger partial charge in [0, 0.05) is 6.20 Å². The van der Waals surface area contributed by atoms with Crippen LogP contribution in [0.3, 0.4) is 0 Å². The molecule has 4 bridgehead atoms. The van der Waals surface area contributed by atoms with Crippen LogP contribution in [0.25, 0.3) is 22.3 Å². The zero-order chi connectivity index (χ0) is 31.8. The van der Waals surface area contributed by atoms with Crippen molar-refractivity contribution in [2.24, 2.45) is 0 Å². The highest BCUT2D eigenvalue weighted by Gasteiger charge is 2.52. The number of aliphatic hydroxyl groups excluding tert-OH is 2. The summed E-state index contributed by atoms with van der Waals surface area (Å²) in [5, 5.41) is 22.4. The van der Waals surface area contributed by atoms with E-state index in [4.69, 9.17) is 62.6 Å². The summed E-state index contributed by atoms with van der Waals surface area (Å²) in [6, 6.07) is 1.56. The number of hydrogen-bond donors (Lipinski definition) is 7. The number of nitrogens with one attached hydrogen (secondary N) is 1. The minimum atomic E-state index is -4.21. The van der Waals surface area contributed by atoms with Crippen molar-refractivity contribution in [2.75, 3.05) is 24.7 Å². The van der Waals surface area contributed by atoms with E-state index in [-0.39, 0.29) is 22.8 Å². The van der Waals surface area contributed by atoms with Crippen LogP contribution in [0.15, 0.2) is 29.7 Å². The number of pyridine rings is 1. The first-order chi connectivity index (χ1) is 21.3. The quantitative estimate of drug-likeness (QED) is 0.117. The van der Waals surface area contributed by atoms with Crippen LogP contribution < -0.4 is 17.0 Å². The van der Waals surface area contributed by atoms with Crippen LogP contribution in [0, 0.1) is 0 Å². The van der Waals surface area contributed by atoms with Gasteiger partial charge in [-0.25, -0.2) is 15.0 Å². The first-order valence-corrected chi connectivity index (χ1v) is 18.3. The van der Waals surface area contributed by atoms with E-state index in [0.29, 0.717) is 11.2 Å². The summed E-state index contributed by atoms with van der Waals surface area (Å²) in [7, 11) is 0. The molecule has 4 unspecified atom stereocenters. The predicted molar refractivity (Wildman–Crippen MR) is 159 cm³/mol. The van der Waals surface area contributed by atoms with Gasteiger partial charge in [0.1, 0.15) is 42.1 Å². The average molecular weight is 706 g/mol. The third-order valence-electron chi connectivity index (χ3n) is 7.43. The SMILES string of the molecule is Nc1nc2c(ncn2[C@@H]2O[C@@H]3COP(O)(=S)O[C@H]4C(O)[C@@H](COP(O)(=S)O[C@H]2C3O)O[C@H]4n2cnc3c(N)ccnc32)c(=O)[nH]1. The summed E-state index contributed by atoms with van der Waals surface area (Å²) < 4.78 is 37.3. The standard InChI is InChI=1S/C21H25N9O11P2S2/c22-7-1-2-24-16-10(7)25-5-29(16)19-14-12(31)8(38-19)3-36-43(35,45)41-15-13(32)9(4-37-42(34,44)40-14)39-20(15)30-6-26-11-17(30)27-21(23)28-18(11)33/h1-2,5-6,8-9,12-15,19-20,31-32H,3-4H2,(H2,22,24)(H,34,44)(H,35,45)(H3,23,27,28,33)/t8-,9-,12?,13?,14+,15+,19-,20-,42?,43?/m1/s1. The van der Waals surface area contributed by atoms with Gasteiger partial charge in [-0.2, -0.15) is 4.98 Å². The van der Waals surface area contributed by atoms with E-state index in [0.717, 1.165) is 0 Å². The number of ether oxygens (including phenoxy) is 2. The summed E-state index contributed by atoms with van der Waals surface area (Å²) in [6.45, 7) is -9.47. The summed E-state index contributed by atoms with van der Waals surface area (Å²) in [6.07, 6.45) is -6.79. The second-order valence-corrected chi connectivity index (χ2v) is 15.9. The van der Waals surface area contributed by atoms with Crippen LogP contribution in [0.4, 0.5) is 11.6 Å². The Labute approximate surface area is 261 Å². The van der Waals surface area contributed by atoms with Crippen molar-refractivity contribution >= 4 is 71.0 Å². The maximum absolute atomic E-state index is 12.3. The normalized spacial score (nSPS) is 37.7. The number of anilines is 2. The number of imidazole rings is 2. The van der Waals surface area contributed by atoms with Gasteiger partial charge in [0.15, 0.2) is 29.3 Å². The number of nitrogens with zero attached hydrogens (tertiary/aromatic N) is 6. The predicted octanol–water partition coefficient (Wildman–Crippen LogP) is -1.50. The van der Waals surface area contributed by atoms with Crippen molar-refractivity contribution in [1.29, 1.82) is 0 Å². The summed E-state index contributed by atoms with van der Waals surface area (Å²) in [5.74, 6) is -0.216. The van der Waals surface area contributed by atoms with E-state index < -0.39 is 81.3 Å². The molecule has 45 heavy (non-hydrogen) atoms. The van der Waals surface area contributed by atoms with Gasteiger partial charge >= 0.3 is 13.4 Å². The van der Waals surface area contributed by atoms with Gasteiger partial charge in [-0.05, 0) is 29.7 Å². The number of hydrogen-bond acceptors (Lipinski definition) is 17. The lowest BCUT2D eigenvalue weighted by atomic mass is 10.1. The Morgan fingerprint density at radius 3 is 1.98 bits per heavy atom. The largest absolute Gasteiger partial charge is 0.397 e. The number of H-pyrrole nitrogens is 1. The second kappa shape index (κ2) is 11.3. The molecule has 3 aliphatic heterocycles. The molecule has 7 heterocycles. The van der Waals surface area contributed by atoms with Crippen molar-refractivity contribution in [3.05, 3.63) is 35.3 Å². The van der Waals surface area contributed by atoms with Crippen molar-refractivity contribution in [2.45, 2.75) is 49.1 Å². The molecule has 0 aliphatic carbocycles. The first-order valence-electron chi connectivity index (χ1n) is 13.1. The summed E-state index contributed by atoms with van der Waals surface area (Å²) >= 11 is 10.5. The highest BCUT2D eigenvalue weighted by Crippen LogP contribution is 2.54. The molecule has 3 aliphatic rings. The molecule has 4 aromatic rings. The lowest BCUT2D eigenvalue weighted by molar-refractivity contribution is -0.0615. The third-order valence-corrected chi connectivity index (χ3v) is 10.5. The molecule has 3 fully saturated rings. The van der Waals surface area contributed by atoms with Gasteiger partial charge in [-0.15, -0.1) is 0 Å². The highest BCUT2D eigenvalue weighted by atomic mass is 32.5. The Kier molecular flexibility index (Phi) is 7.82. The fourth-order valence-electron chi connectivity index (χ4n) is 5.36. The van der Waals surface area contributed by atoms with E-state index >= 15 is 0 Å². The van der Waals surface area contributed by atoms with E-state index in [1.807, 2.05) is 0 Å². The number of nitrogens with two attached hydrogens (primary N) is 2. The fourth-order valence-corrected chi connectivity index (χ4v) is 8.19. The van der Waals surface area contributed by atoms with E-state index in [2.05, 4.69) is 24.9 Å². The molecule has 0 saturated carbocycles. The molecular formula is C21H25N9O11P2S2. The van der Waals surface area contributed by atoms with Gasteiger partial charge in [-0.3, -0.25) is 28.0 Å². The molecule has 9 N–H and O–H groups in total. The number of nitrogen functional groups attached to an aromatic ring is 2. The molecule has 0 amide bonds. The lowest BCUT2D eigenvalue weighted by Gasteiger charge is -2.28. The van der Waals surface area contributed by atoms with Crippen LogP contribution >= 0.6 is 13.4 Å². The Bertz CT molecular complexity index is 1940. The van der Waals surface area contributed by atoms with E-state index in [1.165, 1.54) is 28.0 Å². The zero-order valence-corrected chi connectivity index (χ0v) is 26.0. The van der Waals surface area contributed by atoms with Crippen molar-refractivity contribution in [3.63, 3.8) is 0 Å². The molecule has 7 rings (SSSR count). The Morgan fingerprint density at radius 1 is 0.867 bits per heavy atom. The molecule has 242 valence electrons. The van der Waals surface area contributed by atoms with Crippen LogP contribution in [0.2, 0.25) is 0 Å². The number of fused-ring (bicyclic) bond motifs is 6. The van der Waals surface area contributed by atoms with Gasteiger partial charge in [-0.1, -0.05) is 0 Å². The Balaban J connectivity index is 1.23. The number of aliphatic hydroxyl groups is 2. The Morgan fingerprint density at radius 2 is 1.40 bits per heavy atom. The molecular weight excluding hydrogens is 680 g/mol. The maximum atomic E-state index is 12.3. The monoisotopic (exact) mass is 705 g/mol. The fraction of sp³-hybridized carbons (Fsp3) is 0.476. The van der Waals surface area contributed by atoms with Crippen molar-refractivity contribution < 1.29 is 47.6 Å². The van der Waals surface area contributed by atoms with Crippen LogP contribution in [0.1, 0.15) is 12.5 Å². The topological polar surface area (TPSA) is 283 Å². The average Bonchev–Trinajstić information content (AvgIpc) is 3.72. The van der Waals surface area contributed by atoms with Gasteiger partial charge in [0.2, 0.25) is 5.95 Å². The number of aromatic nitrogens is 7. The van der Waals surface area contributed by atoms with Crippen LogP contribution in [-0.4, -0.2) is 104 Å². The zero-order valence-electron chi connectivity index (χ0n) is 22.5. The molecule has 4 aromatic heterocycles. The third kappa shape index (κ3) is 5.59. The van der Waals surface area contributed by atoms with E-state index in [1.54, 1.807) is 6.07 Å². The number of rotatable bonds is 2. The maximum Gasteiger partial charge on any atom is 0.325 e. The molecule has 0 radical (unpaired) electrons. The van der Waals surface area contributed by atoms with Gasteiger partial charge < -0.3 is 50.0 Å². The second-order valence-electron chi connectivity index (χ2n) is 10.3. The molecule has 0 spiro atoms. The summed E-state index contributed by atoms with van der Waals surface area (Å²) in [4.78, 5) is 53.5. The minimum Gasteiger partial charge on any atom is -0.397 e. The summed E-state index contributed by atoms with van der Waals surface area (Å²) in [5.41, 5.74) is 12.0. The number of aromatic amines is 1. The molecule has 0 aromatic carbocycles. The van der Waals surface area contributed by atoms with Crippen molar-refractivity contribution in [1.82, 2.24) is 34.1 Å². The first kappa shape index (κ1) is 31.1. The minimum absolute atomic E-state index is 0.0209. The Hall–Kier alpha value is -2.53. The van der Waals surface area contributed by atoms with Crippen LogP contribution in [-0.2, 0) is 51.2 Å². The van der Waals surface area contributed by atoms with E-state index in [9.17, 15) is 24.8 Å². The van der Waals surface area contributed by atoms with Crippen LogP contribution in [0.5, 0.6) is 0 Å². The van der Waals surface area contributed by atoms with Gasteiger partial charge in [0.05, 0.1) is 31.6 Å².